The average molecular weight is 416 g/mol. The minimum Gasteiger partial charge on any atom is -0.493 e. The summed E-state index contributed by atoms with van der Waals surface area (Å²) >= 11 is 0. The third-order valence-electron chi connectivity index (χ3n) is 5.29. The van der Waals surface area contributed by atoms with E-state index in [1.54, 1.807) is 27.4 Å². The molecule has 3 aromatic rings. The van der Waals surface area contributed by atoms with Crippen molar-refractivity contribution < 1.29 is 23.7 Å². The van der Waals surface area contributed by atoms with Crippen molar-refractivity contribution in [1.82, 2.24) is 0 Å². The zero-order valence-corrected chi connectivity index (χ0v) is 17.8. The van der Waals surface area contributed by atoms with Crippen molar-refractivity contribution in [2.24, 2.45) is 0 Å². The van der Waals surface area contributed by atoms with Gasteiger partial charge in [0, 0.05) is 17.6 Å². The Kier molecular flexibility index (Phi) is 5.94. The lowest BCUT2D eigenvalue weighted by atomic mass is 10.1. The van der Waals surface area contributed by atoms with Gasteiger partial charge < -0.3 is 18.9 Å². The fourth-order valence-corrected chi connectivity index (χ4v) is 3.68. The molecule has 0 amide bonds. The summed E-state index contributed by atoms with van der Waals surface area (Å²) in [4.78, 5) is 12.9. The molecule has 0 atom stereocenters. The maximum absolute atomic E-state index is 12.9. The third kappa shape index (κ3) is 4.26. The first-order valence-electron chi connectivity index (χ1n) is 9.98. The van der Waals surface area contributed by atoms with Gasteiger partial charge in [-0.25, -0.2) is 0 Å². The Morgan fingerprint density at radius 2 is 1.48 bits per heavy atom. The fraction of sp³-hybridized carbons (Fsp3) is 0.192. The van der Waals surface area contributed by atoms with Crippen LogP contribution in [0.3, 0.4) is 0 Å². The van der Waals surface area contributed by atoms with Crippen molar-refractivity contribution >= 4 is 11.9 Å². The van der Waals surface area contributed by atoms with Gasteiger partial charge in [0.1, 0.15) is 6.61 Å². The maximum Gasteiger partial charge on any atom is 0.189 e. The summed E-state index contributed by atoms with van der Waals surface area (Å²) in [7, 11) is 4.76. The third-order valence-corrected chi connectivity index (χ3v) is 5.29. The number of carbonyl (C=O) groups excluding carboxylic acids is 1. The number of fused-ring (bicyclic) bond motifs is 1. The molecule has 0 fully saturated rings. The van der Waals surface area contributed by atoms with Gasteiger partial charge in [-0.15, -0.1) is 0 Å². The summed E-state index contributed by atoms with van der Waals surface area (Å²) in [6.07, 6.45) is 2.44. The predicted octanol–water partition coefficient (Wildman–Crippen LogP) is 5.11. The number of methoxy groups -OCH3 is 3. The van der Waals surface area contributed by atoms with Gasteiger partial charge in [-0.1, -0.05) is 36.4 Å². The molecule has 0 unspecified atom stereocenters. The Bertz CT molecular complexity index is 1130. The van der Waals surface area contributed by atoms with Gasteiger partial charge in [0.2, 0.25) is 0 Å². The molecule has 31 heavy (non-hydrogen) atoms. The number of carbonyl (C=O) groups is 1. The van der Waals surface area contributed by atoms with E-state index < -0.39 is 0 Å². The lowest BCUT2D eigenvalue weighted by Gasteiger charge is -2.11. The standard InChI is InChI=1S/C26H24O5/c1-28-23-12-18(9-10-22(23)31-16-17-7-5-4-6-8-17)11-20-13-19-14-24(29-2)25(30-3)15-21(19)26(20)27/h4-12,14-15H,13,16H2,1-3H3/b20-11+. The van der Waals surface area contributed by atoms with Gasteiger partial charge in [0.05, 0.1) is 21.3 Å². The molecule has 4 rings (SSSR count). The van der Waals surface area contributed by atoms with Gasteiger partial charge in [-0.3, -0.25) is 4.79 Å². The number of hydrogen-bond acceptors (Lipinski definition) is 5. The Labute approximate surface area is 181 Å². The molecule has 0 N–H and O–H groups in total. The molecule has 0 radical (unpaired) electrons. The van der Waals surface area contributed by atoms with Crippen molar-refractivity contribution in [3.05, 3.63) is 88.5 Å². The first-order chi connectivity index (χ1) is 15.1. The van der Waals surface area contributed by atoms with Gasteiger partial charge in [0.15, 0.2) is 28.8 Å². The highest BCUT2D eigenvalue weighted by Gasteiger charge is 2.27. The number of rotatable bonds is 7. The van der Waals surface area contributed by atoms with E-state index in [9.17, 15) is 4.79 Å². The molecule has 1 aliphatic carbocycles. The molecular formula is C26H24O5. The van der Waals surface area contributed by atoms with Crippen LogP contribution < -0.4 is 18.9 Å². The lowest BCUT2D eigenvalue weighted by Crippen LogP contribution is -1.99. The molecule has 0 saturated heterocycles. The number of Topliss-reactive ketones (excluding diaryl/α,β-unsaturated/α-hetero) is 1. The monoisotopic (exact) mass is 416 g/mol. The van der Waals surface area contributed by atoms with E-state index >= 15 is 0 Å². The molecule has 0 aliphatic heterocycles. The Hall–Kier alpha value is -3.73. The van der Waals surface area contributed by atoms with Crippen LogP contribution in [0.1, 0.15) is 27.0 Å². The molecule has 0 saturated carbocycles. The van der Waals surface area contributed by atoms with Crippen LogP contribution in [-0.2, 0) is 13.0 Å². The normalized spacial score (nSPS) is 13.8. The fourth-order valence-electron chi connectivity index (χ4n) is 3.68. The summed E-state index contributed by atoms with van der Waals surface area (Å²) in [6, 6.07) is 19.2. The minimum atomic E-state index is -0.000626. The molecule has 1 aliphatic rings. The molecule has 3 aromatic carbocycles. The molecule has 0 heterocycles. The van der Waals surface area contributed by atoms with E-state index in [0.29, 0.717) is 47.2 Å². The van der Waals surface area contributed by atoms with Crippen molar-refractivity contribution in [2.75, 3.05) is 21.3 Å². The highest BCUT2D eigenvalue weighted by Crippen LogP contribution is 2.37. The molecular weight excluding hydrogens is 392 g/mol. The van der Waals surface area contributed by atoms with E-state index in [-0.39, 0.29) is 5.78 Å². The first-order valence-corrected chi connectivity index (χ1v) is 9.98. The number of ketones is 1. The van der Waals surface area contributed by atoms with Gasteiger partial charge in [-0.05, 0) is 47.0 Å². The molecule has 158 valence electrons. The first kappa shape index (κ1) is 20.5. The molecule has 5 nitrogen and oxygen atoms in total. The predicted molar refractivity (Wildman–Crippen MR) is 119 cm³/mol. The van der Waals surface area contributed by atoms with Crippen molar-refractivity contribution in [3.8, 4) is 23.0 Å². The van der Waals surface area contributed by atoms with Crippen LogP contribution in [0.2, 0.25) is 0 Å². The quantitative estimate of drug-likeness (QED) is 0.501. The van der Waals surface area contributed by atoms with Crippen molar-refractivity contribution in [3.63, 3.8) is 0 Å². The number of hydrogen-bond donors (Lipinski definition) is 0. The van der Waals surface area contributed by atoms with E-state index in [1.165, 1.54) is 0 Å². The van der Waals surface area contributed by atoms with Crippen LogP contribution in [0.15, 0.2) is 66.2 Å². The minimum absolute atomic E-state index is 0.000626. The van der Waals surface area contributed by atoms with Gasteiger partial charge in [0.25, 0.3) is 0 Å². The number of allylic oxidation sites excluding steroid dienone is 1. The van der Waals surface area contributed by atoms with E-state index in [0.717, 1.165) is 16.7 Å². The highest BCUT2D eigenvalue weighted by atomic mass is 16.5. The Balaban J connectivity index is 1.56. The molecule has 5 heteroatoms. The number of ether oxygens (including phenoxy) is 4. The van der Waals surface area contributed by atoms with Crippen LogP contribution in [0.5, 0.6) is 23.0 Å². The summed E-state index contributed by atoms with van der Waals surface area (Å²) in [6.45, 7) is 0.453. The number of benzene rings is 3. The summed E-state index contributed by atoms with van der Waals surface area (Å²) in [5.74, 6) is 2.45. The summed E-state index contributed by atoms with van der Waals surface area (Å²) in [5, 5.41) is 0. The Morgan fingerprint density at radius 3 is 2.19 bits per heavy atom. The van der Waals surface area contributed by atoms with E-state index in [4.69, 9.17) is 18.9 Å². The topological polar surface area (TPSA) is 54.0 Å². The van der Waals surface area contributed by atoms with Crippen LogP contribution in [0.25, 0.3) is 6.08 Å². The second-order valence-electron chi connectivity index (χ2n) is 7.22. The van der Waals surface area contributed by atoms with Crippen LogP contribution in [0, 0.1) is 0 Å². The Morgan fingerprint density at radius 1 is 0.806 bits per heavy atom. The van der Waals surface area contributed by atoms with Gasteiger partial charge in [-0.2, -0.15) is 0 Å². The van der Waals surface area contributed by atoms with E-state index in [1.807, 2.05) is 60.7 Å². The zero-order valence-electron chi connectivity index (χ0n) is 17.8. The second kappa shape index (κ2) is 8.96. The van der Waals surface area contributed by atoms with Crippen LogP contribution in [0.4, 0.5) is 0 Å². The van der Waals surface area contributed by atoms with Crippen molar-refractivity contribution in [1.29, 1.82) is 0 Å². The largest absolute Gasteiger partial charge is 0.493 e. The van der Waals surface area contributed by atoms with Crippen LogP contribution >= 0.6 is 0 Å². The van der Waals surface area contributed by atoms with Gasteiger partial charge >= 0.3 is 0 Å². The average Bonchev–Trinajstić information content (AvgIpc) is 3.11. The lowest BCUT2D eigenvalue weighted by molar-refractivity contribution is 0.104. The summed E-state index contributed by atoms with van der Waals surface area (Å²) < 4.78 is 22.1. The SMILES string of the molecule is COc1cc2c(cc1OC)C(=O)/C(=C/c1ccc(OCc3ccccc3)c(OC)c1)C2. The highest BCUT2D eigenvalue weighted by molar-refractivity contribution is 6.16. The molecule has 0 spiro atoms. The van der Waals surface area contributed by atoms with E-state index in [2.05, 4.69) is 0 Å². The zero-order chi connectivity index (χ0) is 21.8. The molecule has 0 aromatic heterocycles. The van der Waals surface area contributed by atoms with Crippen LogP contribution in [-0.4, -0.2) is 27.1 Å². The molecule has 0 bridgehead atoms. The second-order valence-corrected chi connectivity index (χ2v) is 7.22. The smallest absolute Gasteiger partial charge is 0.189 e. The maximum atomic E-state index is 12.9. The van der Waals surface area contributed by atoms with Crippen molar-refractivity contribution in [2.45, 2.75) is 13.0 Å². The summed E-state index contributed by atoms with van der Waals surface area (Å²) in [5.41, 5.74) is 4.25.